The van der Waals surface area contributed by atoms with Gasteiger partial charge in [-0.1, -0.05) is 6.07 Å². The largest absolute Gasteiger partial charge is 0.364 e. The zero-order valence-corrected chi connectivity index (χ0v) is 14.7. The first-order valence-corrected chi connectivity index (χ1v) is 8.21. The van der Waals surface area contributed by atoms with Gasteiger partial charge in [0.1, 0.15) is 5.82 Å². The summed E-state index contributed by atoms with van der Waals surface area (Å²) in [7, 11) is 0. The second-order valence-corrected chi connectivity index (χ2v) is 6.75. The Labute approximate surface area is 147 Å². The molecule has 0 saturated carbocycles. The second kappa shape index (κ2) is 7.25. The Morgan fingerprint density at radius 1 is 1.00 bits per heavy atom. The van der Waals surface area contributed by atoms with Crippen LogP contribution in [0.1, 0.15) is 26.5 Å². The number of pyridine rings is 2. The summed E-state index contributed by atoms with van der Waals surface area (Å²) in [5, 5.41) is 6.65. The Bertz CT molecular complexity index is 812. The van der Waals surface area contributed by atoms with E-state index in [-0.39, 0.29) is 5.54 Å². The average molecular weight is 334 g/mol. The third-order valence-electron chi connectivity index (χ3n) is 3.35. The predicted molar refractivity (Wildman–Crippen MR) is 100 cm³/mol. The van der Waals surface area contributed by atoms with Gasteiger partial charge in [-0.15, -0.1) is 0 Å². The van der Waals surface area contributed by atoms with Gasteiger partial charge in [0.2, 0.25) is 5.95 Å². The Hall–Kier alpha value is -3.02. The van der Waals surface area contributed by atoms with Crippen LogP contribution in [0.25, 0.3) is 11.3 Å². The van der Waals surface area contributed by atoms with Gasteiger partial charge in [0.25, 0.3) is 0 Å². The van der Waals surface area contributed by atoms with Crippen LogP contribution in [-0.4, -0.2) is 25.5 Å². The van der Waals surface area contributed by atoms with Crippen LogP contribution < -0.4 is 10.6 Å². The Morgan fingerprint density at radius 2 is 1.88 bits per heavy atom. The highest BCUT2D eigenvalue weighted by atomic mass is 15.2. The highest BCUT2D eigenvalue weighted by molar-refractivity contribution is 5.63. The molecule has 128 valence electrons. The molecule has 3 heterocycles. The van der Waals surface area contributed by atoms with Gasteiger partial charge in [0.15, 0.2) is 0 Å². The number of nitrogens with zero attached hydrogens (tertiary/aromatic N) is 4. The quantitative estimate of drug-likeness (QED) is 0.740. The Kier molecular flexibility index (Phi) is 4.88. The van der Waals surface area contributed by atoms with E-state index in [1.165, 1.54) is 0 Å². The summed E-state index contributed by atoms with van der Waals surface area (Å²) >= 11 is 0. The van der Waals surface area contributed by atoms with Gasteiger partial charge in [-0.05, 0) is 45.0 Å². The van der Waals surface area contributed by atoms with E-state index in [1.807, 2.05) is 36.4 Å². The molecule has 6 heteroatoms. The summed E-state index contributed by atoms with van der Waals surface area (Å²) in [5.41, 5.74) is 2.58. The van der Waals surface area contributed by atoms with E-state index in [0.717, 1.165) is 22.8 Å². The van der Waals surface area contributed by atoms with Crippen LogP contribution in [-0.2, 0) is 6.54 Å². The van der Waals surface area contributed by atoms with Gasteiger partial charge in [-0.3, -0.25) is 9.97 Å². The topological polar surface area (TPSA) is 75.6 Å². The van der Waals surface area contributed by atoms with E-state index < -0.39 is 0 Å². The van der Waals surface area contributed by atoms with Crippen molar-refractivity contribution in [3.8, 4) is 11.3 Å². The second-order valence-electron chi connectivity index (χ2n) is 6.75. The molecular formula is C19H22N6. The van der Waals surface area contributed by atoms with Crippen LogP contribution in [0.2, 0.25) is 0 Å². The fraction of sp³-hybridized carbons (Fsp3) is 0.263. The highest BCUT2D eigenvalue weighted by Gasteiger charge is 2.14. The van der Waals surface area contributed by atoms with Crippen molar-refractivity contribution in [3.05, 3.63) is 60.7 Å². The molecule has 0 aliphatic heterocycles. The van der Waals surface area contributed by atoms with Crippen molar-refractivity contribution in [1.29, 1.82) is 0 Å². The van der Waals surface area contributed by atoms with Crippen molar-refractivity contribution < 1.29 is 0 Å². The first-order chi connectivity index (χ1) is 12.0. The van der Waals surface area contributed by atoms with E-state index in [1.54, 1.807) is 18.6 Å². The molecule has 3 rings (SSSR count). The predicted octanol–water partition coefficient (Wildman–Crippen LogP) is 3.76. The van der Waals surface area contributed by atoms with Gasteiger partial charge < -0.3 is 10.6 Å². The van der Waals surface area contributed by atoms with Crippen LogP contribution >= 0.6 is 0 Å². The molecule has 0 spiro atoms. The highest BCUT2D eigenvalue weighted by Crippen LogP contribution is 2.22. The minimum absolute atomic E-state index is 0.133. The normalized spacial score (nSPS) is 11.2. The monoisotopic (exact) mass is 334 g/mol. The molecule has 0 unspecified atom stereocenters. The summed E-state index contributed by atoms with van der Waals surface area (Å²) in [6.07, 6.45) is 5.33. The lowest BCUT2D eigenvalue weighted by Crippen LogP contribution is -2.27. The lowest BCUT2D eigenvalue weighted by Gasteiger charge is -2.21. The fourth-order valence-electron chi connectivity index (χ4n) is 2.28. The number of nitrogens with one attached hydrogen (secondary N) is 2. The zero-order chi connectivity index (χ0) is 17.7. The van der Waals surface area contributed by atoms with Crippen molar-refractivity contribution in [2.75, 3.05) is 10.6 Å². The molecule has 0 aliphatic carbocycles. The molecule has 0 aliphatic rings. The third-order valence-corrected chi connectivity index (χ3v) is 3.35. The summed E-state index contributed by atoms with van der Waals surface area (Å²) in [4.78, 5) is 17.7. The molecule has 0 saturated heterocycles. The van der Waals surface area contributed by atoms with E-state index in [0.29, 0.717) is 12.5 Å². The maximum Gasteiger partial charge on any atom is 0.225 e. The van der Waals surface area contributed by atoms with Crippen LogP contribution in [0, 0.1) is 0 Å². The number of hydrogen-bond donors (Lipinski definition) is 2. The first-order valence-electron chi connectivity index (χ1n) is 8.21. The molecule has 0 atom stereocenters. The van der Waals surface area contributed by atoms with Gasteiger partial charge in [0, 0.05) is 35.8 Å². The molecule has 25 heavy (non-hydrogen) atoms. The molecule has 6 nitrogen and oxygen atoms in total. The molecule has 0 fully saturated rings. The Balaban J connectivity index is 1.89. The van der Waals surface area contributed by atoms with Crippen molar-refractivity contribution in [3.63, 3.8) is 0 Å². The summed E-state index contributed by atoms with van der Waals surface area (Å²) in [6, 6.07) is 11.7. The maximum atomic E-state index is 4.63. The molecule has 0 bridgehead atoms. The van der Waals surface area contributed by atoms with E-state index in [2.05, 4.69) is 51.3 Å². The van der Waals surface area contributed by atoms with Crippen LogP contribution in [0.5, 0.6) is 0 Å². The van der Waals surface area contributed by atoms with Crippen molar-refractivity contribution in [1.82, 2.24) is 19.9 Å². The van der Waals surface area contributed by atoms with Crippen LogP contribution in [0.15, 0.2) is 55.0 Å². The van der Waals surface area contributed by atoms with Crippen molar-refractivity contribution >= 4 is 11.8 Å². The van der Waals surface area contributed by atoms with Crippen molar-refractivity contribution in [2.45, 2.75) is 32.9 Å². The van der Waals surface area contributed by atoms with E-state index in [9.17, 15) is 0 Å². The summed E-state index contributed by atoms with van der Waals surface area (Å²) in [5.74, 6) is 1.32. The first kappa shape index (κ1) is 16.8. The number of aromatic nitrogens is 4. The standard InChI is InChI=1S/C19H22N6/c1-19(2,3)25-18-23-16(14-7-6-9-20-12-14)11-17(24-18)22-13-15-8-4-5-10-21-15/h4-12H,13H2,1-3H3,(H2,22,23,24,25). The Morgan fingerprint density at radius 3 is 2.56 bits per heavy atom. The molecule has 2 N–H and O–H groups in total. The average Bonchev–Trinajstić information content (AvgIpc) is 2.60. The minimum atomic E-state index is -0.133. The maximum absolute atomic E-state index is 4.63. The number of anilines is 2. The molecule has 0 aromatic carbocycles. The number of hydrogen-bond acceptors (Lipinski definition) is 6. The number of rotatable bonds is 5. The van der Waals surface area contributed by atoms with Crippen LogP contribution in [0.3, 0.4) is 0 Å². The summed E-state index contributed by atoms with van der Waals surface area (Å²) < 4.78 is 0. The van der Waals surface area contributed by atoms with Crippen LogP contribution in [0.4, 0.5) is 11.8 Å². The van der Waals surface area contributed by atoms with E-state index in [4.69, 9.17) is 0 Å². The van der Waals surface area contributed by atoms with E-state index >= 15 is 0 Å². The fourth-order valence-corrected chi connectivity index (χ4v) is 2.28. The van der Waals surface area contributed by atoms with Gasteiger partial charge in [-0.25, -0.2) is 4.98 Å². The molecule has 0 radical (unpaired) electrons. The van der Waals surface area contributed by atoms with Crippen molar-refractivity contribution in [2.24, 2.45) is 0 Å². The van der Waals surface area contributed by atoms with Gasteiger partial charge >= 0.3 is 0 Å². The lowest BCUT2D eigenvalue weighted by molar-refractivity contribution is 0.626. The minimum Gasteiger partial charge on any atom is -0.364 e. The molecular weight excluding hydrogens is 312 g/mol. The summed E-state index contributed by atoms with van der Waals surface area (Å²) in [6.45, 7) is 6.83. The van der Waals surface area contributed by atoms with Gasteiger partial charge in [-0.2, -0.15) is 4.98 Å². The third kappa shape index (κ3) is 4.97. The molecule has 0 amide bonds. The lowest BCUT2D eigenvalue weighted by atomic mass is 10.1. The SMILES string of the molecule is CC(C)(C)Nc1nc(NCc2ccccn2)cc(-c2cccnc2)n1. The van der Waals surface area contributed by atoms with Gasteiger partial charge in [0.05, 0.1) is 17.9 Å². The molecule has 3 aromatic rings. The smallest absolute Gasteiger partial charge is 0.225 e. The zero-order valence-electron chi connectivity index (χ0n) is 14.7. The molecule has 3 aromatic heterocycles.